The minimum Gasteiger partial charge on any atom is -0.467 e. The standard InChI is InChI=1S/C19H27N3O4/c1-3-16(23)20-12-14-8-7-11-22(13-14)19(25)21-17(18(24)26-2)15-9-5-4-6-10-15/h4-6,9-10,14,17H,3,7-8,11-13H2,1-2H3,(H,20,23)(H,21,25)/t14-,17-/m1/s1. The van der Waals surface area contributed by atoms with E-state index in [1.165, 1.54) is 7.11 Å². The monoisotopic (exact) mass is 361 g/mol. The van der Waals surface area contributed by atoms with E-state index in [-0.39, 0.29) is 17.9 Å². The van der Waals surface area contributed by atoms with Gasteiger partial charge in [-0.3, -0.25) is 4.79 Å². The van der Waals surface area contributed by atoms with Crippen LogP contribution in [0.2, 0.25) is 0 Å². The van der Waals surface area contributed by atoms with E-state index in [2.05, 4.69) is 10.6 Å². The van der Waals surface area contributed by atoms with Crippen LogP contribution in [0.25, 0.3) is 0 Å². The Morgan fingerprint density at radius 1 is 1.27 bits per heavy atom. The number of hydrogen-bond donors (Lipinski definition) is 2. The van der Waals surface area contributed by atoms with Crippen LogP contribution in [0.5, 0.6) is 0 Å². The highest BCUT2D eigenvalue weighted by Crippen LogP contribution is 2.18. The van der Waals surface area contributed by atoms with Crippen LogP contribution in [0, 0.1) is 5.92 Å². The number of ether oxygens (including phenoxy) is 1. The number of methoxy groups -OCH3 is 1. The van der Waals surface area contributed by atoms with Gasteiger partial charge in [-0.15, -0.1) is 0 Å². The van der Waals surface area contributed by atoms with Crippen molar-refractivity contribution in [3.8, 4) is 0 Å². The van der Waals surface area contributed by atoms with Crippen molar-refractivity contribution in [2.75, 3.05) is 26.7 Å². The first-order chi connectivity index (χ1) is 12.5. The van der Waals surface area contributed by atoms with Gasteiger partial charge in [0.2, 0.25) is 5.91 Å². The number of hydrogen-bond acceptors (Lipinski definition) is 4. The number of carbonyl (C=O) groups excluding carboxylic acids is 3. The zero-order chi connectivity index (χ0) is 18.9. The second kappa shape index (κ2) is 9.79. The molecule has 26 heavy (non-hydrogen) atoms. The molecule has 0 spiro atoms. The fraction of sp³-hybridized carbons (Fsp3) is 0.526. The Hall–Kier alpha value is -2.57. The van der Waals surface area contributed by atoms with E-state index in [0.717, 1.165) is 12.8 Å². The Morgan fingerprint density at radius 3 is 2.65 bits per heavy atom. The lowest BCUT2D eigenvalue weighted by Gasteiger charge is -2.33. The normalized spacial score (nSPS) is 17.9. The van der Waals surface area contributed by atoms with Crippen molar-refractivity contribution in [1.82, 2.24) is 15.5 Å². The van der Waals surface area contributed by atoms with Crippen molar-refractivity contribution < 1.29 is 19.1 Å². The molecule has 0 aromatic heterocycles. The van der Waals surface area contributed by atoms with Crippen LogP contribution >= 0.6 is 0 Å². The number of likely N-dealkylation sites (tertiary alicyclic amines) is 1. The molecule has 142 valence electrons. The summed E-state index contributed by atoms with van der Waals surface area (Å²) in [5.74, 6) is -0.270. The maximum Gasteiger partial charge on any atom is 0.333 e. The number of nitrogens with zero attached hydrogens (tertiary/aromatic N) is 1. The number of urea groups is 1. The number of rotatable bonds is 6. The number of nitrogens with one attached hydrogen (secondary N) is 2. The van der Waals surface area contributed by atoms with Gasteiger partial charge in [0.1, 0.15) is 0 Å². The van der Waals surface area contributed by atoms with E-state index in [1.54, 1.807) is 17.0 Å². The lowest BCUT2D eigenvalue weighted by molar-refractivity contribution is -0.143. The maximum absolute atomic E-state index is 12.7. The number of piperidine rings is 1. The number of benzene rings is 1. The fourth-order valence-corrected chi connectivity index (χ4v) is 3.06. The molecule has 1 aliphatic rings. The zero-order valence-electron chi connectivity index (χ0n) is 15.4. The van der Waals surface area contributed by atoms with E-state index in [1.807, 2.05) is 25.1 Å². The average molecular weight is 361 g/mol. The average Bonchev–Trinajstić information content (AvgIpc) is 2.70. The minimum atomic E-state index is -0.839. The van der Waals surface area contributed by atoms with Crippen LogP contribution in [0.15, 0.2) is 30.3 Å². The second-order valence-corrected chi connectivity index (χ2v) is 6.43. The van der Waals surface area contributed by atoms with Gasteiger partial charge >= 0.3 is 12.0 Å². The summed E-state index contributed by atoms with van der Waals surface area (Å²) in [6.07, 6.45) is 2.29. The molecule has 0 unspecified atom stereocenters. The molecule has 7 nitrogen and oxygen atoms in total. The summed E-state index contributed by atoms with van der Waals surface area (Å²) < 4.78 is 4.83. The van der Waals surface area contributed by atoms with Crippen molar-refractivity contribution in [2.24, 2.45) is 5.92 Å². The third-order valence-corrected chi connectivity index (χ3v) is 4.55. The van der Waals surface area contributed by atoms with Gasteiger partial charge in [-0.05, 0) is 24.3 Å². The third-order valence-electron chi connectivity index (χ3n) is 4.55. The molecule has 2 N–H and O–H groups in total. The first-order valence-corrected chi connectivity index (χ1v) is 9.00. The van der Waals surface area contributed by atoms with Crippen LogP contribution < -0.4 is 10.6 Å². The molecule has 1 heterocycles. The molecule has 1 saturated heterocycles. The summed E-state index contributed by atoms with van der Waals surface area (Å²) in [6.45, 7) is 3.56. The van der Waals surface area contributed by atoms with Gasteiger partial charge in [0, 0.05) is 26.1 Å². The highest BCUT2D eigenvalue weighted by molar-refractivity contribution is 5.84. The SMILES string of the molecule is CCC(=O)NC[C@H]1CCCN(C(=O)N[C@@H](C(=O)OC)c2ccccc2)C1. The summed E-state index contributed by atoms with van der Waals surface area (Å²) in [6, 6.07) is 7.89. The molecule has 3 amide bonds. The Morgan fingerprint density at radius 2 is 2.00 bits per heavy atom. The second-order valence-electron chi connectivity index (χ2n) is 6.43. The van der Waals surface area contributed by atoms with Crippen molar-refractivity contribution in [1.29, 1.82) is 0 Å². The number of esters is 1. The van der Waals surface area contributed by atoms with Crippen LogP contribution in [-0.4, -0.2) is 49.6 Å². The van der Waals surface area contributed by atoms with E-state index in [0.29, 0.717) is 31.6 Å². The highest BCUT2D eigenvalue weighted by Gasteiger charge is 2.29. The summed E-state index contributed by atoms with van der Waals surface area (Å²) in [5.41, 5.74) is 0.677. The predicted molar refractivity (Wildman–Crippen MR) is 97.3 cm³/mol. The Balaban J connectivity index is 1.97. The molecule has 1 aromatic rings. The molecule has 0 bridgehead atoms. The van der Waals surface area contributed by atoms with Gasteiger partial charge in [-0.25, -0.2) is 9.59 Å². The summed E-state index contributed by atoms with van der Waals surface area (Å²) in [5, 5.41) is 5.66. The first-order valence-electron chi connectivity index (χ1n) is 9.00. The van der Waals surface area contributed by atoms with Crippen molar-refractivity contribution >= 4 is 17.9 Å². The lowest BCUT2D eigenvalue weighted by Crippen LogP contribution is -2.49. The number of amides is 3. The molecule has 1 aromatic carbocycles. The maximum atomic E-state index is 12.7. The van der Waals surface area contributed by atoms with Crippen LogP contribution in [0.3, 0.4) is 0 Å². The van der Waals surface area contributed by atoms with Crippen molar-refractivity contribution in [3.63, 3.8) is 0 Å². The first kappa shape index (κ1) is 19.8. The molecule has 0 aliphatic carbocycles. The van der Waals surface area contributed by atoms with E-state index in [4.69, 9.17) is 4.74 Å². The Labute approximate surface area is 154 Å². The van der Waals surface area contributed by atoms with Gasteiger partial charge in [0.05, 0.1) is 7.11 Å². The molecule has 2 rings (SSSR count). The largest absolute Gasteiger partial charge is 0.467 e. The summed E-state index contributed by atoms with van der Waals surface area (Å²) in [4.78, 5) is 37.9. The highest BCUT2D eigenvalue weighted by atomic mass is 16.5. The zero-order valence-corrected chi connectivity index (χ0v) is 15.4. The van der Waals surface area contributed by atoms with Crippen molar-refractivity contribution in [3.05, 3.63) is 35.9 Å². The van der Waals surface area contributed by atoms with Crippen LogP contribution in [0.1, 0.15) is 37.8 Å². The Kier molecular flexibility index (Phi) is 7.44. The van der Waals surface area contributed by atoms with Gasteiger partial charge < -0.3 is 20.3 Å². The fourth-order valence-electron chi connectivity index (χ4n) is 3.06. The quantitative estimate of drug-likeness (QED) is 0.757. The van der Waals surface area contributed by atoms with E-state index >= 15 is 0 Å². The summed E-state index contributed by atoms with van der Waals surface area (Å²) in [7, 11) is 1.30. The lowest BCUT2D eigenvalue weighted by atomic mass is 9.98. The van der Waals surface area contributed by atoms with E-state index in [9.17, 15) is 14.4 Å². The molecule has 0 radical (unpaired) electrons. The molecule has 0 saturated carbocycles. The minimum absolute atomic E-state index is 0.0152. The topological polar surface area (TPSA) is 87.7 Å². The Bertz CT molecular complexity index is 620. The van der Waals surface area contributed by atoms with Gasteiger partial charge in [-0.1, -0.05) is 37.3 Å². The van der Waals surface area contributed by atoms with Gasteiger partial charge in [0.25, 0.3) is 0 Å². The van der Waals surface area contributed by atoms with Crippen LogP contribution in [0.4, 0.5) is 4.79 Å². The van der Waals surface area contributed by atoms with Gasteiger partial charge in [0.15, 0.2) is 6.04 Å². The predicted octanol–water partition coefficient (Wildman–Crippen LogP) is 1.85. The third kappa shape index (κ3) is 5.47. The smallest absolute Gasteiger partial charge is 0.333 e. The van der Waals surface area contributed by atoms with Crippen LogP contribution in [-0.2, 0) is 14.3 Å². The molecule has 1 aliphatic heterocycles. The van der Waals surface area contributed by atoms with Crippen molar-refractivity contribution in [2.45, 2.75) is 32.2 Å². The van der Waals surface area contributed by atoms with E-state index < -0.39 is 12.0 Å². The molecule has 2 atom stereocenters. The molecule has 1 fully saturated rings. The molecular weight excluding hydrogens is 334 g/mol. The summed E-state index contributed by atoms with van der Waals surface area (Å²) >= 11 is 0. The molecular formula is C19H27N3O4. The van der Waals surface area contributed by atoms with Gasteiger partial charge in [-0.2, -0.15) is 0 Å². The number of carbonyl (C=O) groups is 3. The molecule has 7 heteroatoms.